The fourth-order valence-electron chi connectivity index (χ4n) is 4.32. The molecular formula is C26H30ClN3O5. The first kappa shape index (κ1) is 24.9. The van der Waals surface area contributed by atoms with Crippen molar-refractivity contribution in [2.45, 2.75) is 33.2 Å². The number of rotatable bonds is 10. The quantitative estimate of drug-likeness (QED) is 0.401. The number of aromatic nitrogens is 2. The van der Waals surface area contributed by atoms with E-state index in [9.17, 15) is 9.90 Å². The number of phenols is 1. The molecule has 0 radical (unpaired) electrons. The van der Waals surface area contributed by atoms with E-state index in [4.69, 9.17) is 25.8 Å². The van der Waals surface area contributed by atoms with Gasteiger partial charge in [0.2, 0.25) is 0 Å². The van der Waals surface area contributed by atoms with E-state index in [1.165, 1.54) is 0 Å². The van der Waals surface area contributed by atoms with Crippen molar-refractivity contribution < 1.29 is 24.1 Å². The molecule has 1 amide bonds. The first-order valence-corrected chi connectivity index (χ1v) is 12.1. The Kier molecular flexibility index (Phi) is 7.52. The van der Waals surface area contributed by atoms with Crippen LogP contribution in [0, 0.1) is 6.92 Å². The van der Waals surface area contributed by atoms with Crippen molar-refractivity contribution in [1.29, 1.82) is 0 Å². The predicted molar refractivity (Wildman–Crippen MR) is 134 cm³/mol. The number of hydrogen-bond donors (Lipinski definition) is 2. The van der Waals surface area contributed by atoms with Gasteiger partial charge in [0.25, 0.3) is 5.91 Å². The van der Waals surface area contributed by atoms with Crippen LogP contribution < -0.4 is 9.47 Å². The number of halogens is 1. The fourth-order valence-corrected chi connectivity index (χ4v) is 4.48. The van der Waals surface area contributed by atoms with Gasteiger partial charge in [-0.15, -0.1) is 0 Å². The highest BCUT2D eigenvalue weighted by molar-refractivity contribution is 6.31. The van der Waals surface area contributed by atoms with Gasteiger partial charge in [-0.2, -0.15) is 5.10 Å². The maximum absolute atomic E-state index is 13.4. The lowest BCUT2D eigenvalue weighted by Crippen LogP contribution is -2.32. The summed E-state index contributed by atoms with van der Waals surface area (Å²) in [5.74, 6) is 1.11. The van der Waals surface area contributed by atoms with Crippen molar-refractivity contribution in [3.63, 3.8) is 0 Å². The van der Waals surface area contributed by atoms with Crippen molar-refractivity contribution in [3.8, 4) is 28.5 Å². The number of aryl methyl sites for hydroxylation is 1. The summed E-state index contributed by atoms with van der Waals surface area (Å²) in [6, 6.07) is 8.50. The van der Waals surface area contributed by atoms with Gasteiger partial charge < -0.3 is 24.2 Å². The van der Waals surface area contributed by atoms with E-state index in [2.05, 4.69) is 10.2 Å². The van der Waals surface area contributed by atoms with Crippen molar-refractivity contribution in [1.82, 2.24) is 15.1 Å². The number of carbonyl (C=O) groups excluding carboxylic acids is 1. The number of carbonyl (C=O) groups is 1. The van der Waals surface area contributed by atoms with E-state index in [0.29, 0.717) is 65.4 Å². The smallest absolute Gasteiger partial charge is 0.273 e. The van der Waals surface area contributed by atoms with Gasteiger partial charge in [-0.25, -0.2) is 0 Å². The molecule has 2 N–H and O–H groups in total. The highest BCUT2D eigenvalue weighted by Crippen LogP contribution is 2.46. The SMILES string of the molecule is CCCOc1ccc(C2c3c(-c4cc(Cl)c(C)cc4O)n[nH]c3C(=O)N2CCOC)cc1OCC. The number of benzene rings is 2. The summed E-state index contributed by atoms with van der Waals surface area (Å²) in [6.45, 7) is 7.56. The average molecular weight is 500 g/mol. The van der Waals surface area contributed by atoms with Gasteiger partial charge in [0.05, 0.1) is 25.9 Å². The molecule has 2 aromatic carbocycles. The predicted octanol–water partition coefficient (Wildman–Crippen LogP) is 5.12. The van der Waals surface area contributed by atoms with Gasteiger partial charge in [0.15, 0.2) is 11.5 Å². The molecule has 4 rings (SSSR count). The Morgan fingerprint density at radius 2 is 1.94 bits per heavy atom. The first-order valence-electron chi connectivity index (χ1n) is 11.7. The van der Waals surface area contributed by atoms with Crippen molar-refractivity contribution in [2.24, 2.45) is 0 Å². The molecule has 2 heterocycles. The number of H-pyrrole nitrogens is 1. The zero-order chi connectivity index (χ0) is 25.1. The molecule has 0 bridgehead atoms. The number of hydrogen-bond acceptors (Lipinski definition) is 6. The van der Waals surface area contributed by atoms with Crippen LogP contribution >= 0.6 is 11.6 Å². The summed E-state index contributed by atoms with van der Waals surface area (Å²) in [6.07, 6.45) is 0.875. The number of amides is 1. The number of aromatic amines is 1. The van der Waals surface area contributed by atoms with Gasteiger partial charge in [-0.05, 0) is 55.7 Å². The molecule has 0 fully saturated rings. The fraction of sp³-hybridized carbons (Fsp3) is 0.385. The summed E-state index contributed by atoms with van der Waals surface area (Å²) in [5, 5.41) is 18.5. The number of ether oxygens (including phenoxy) is 3. The standard InChI is InChI=1S/C26H30ClN3O5/c1-5-10-35-20-8-7-16(13-21(20)34-6-2)25-22-23(17-14-18(27)15(3)12-19(17)31)28-29-24(22)26(32)30(25)9-11-33-4/h7-8,12-14,25,31H,5-6,9-11H2,1-4H3,(H,28,29). The van der Waals surface area contributed by atoms with Crippen molar-refractivity contribution >= 4 is 17.5 Å². The van der Waals surface area contributed by atoms with Crippen LogP contribution in [0.25, 0.3) is 11.3 Å². The van der Waals surface area contributed by atoms with Gasteiger partial charge in [-0.3, -0.25) is 9.89 Å². The second-order valence-electron chi connectivity index (χ2n) is 8.36. The second kappa shape index (κ2) is 10.6. The molecular weight excluding hydrogens is 470 g/mol. The number of aromatic hydroxyl groups is 1. The lowest BCUT2D eigenvalue weighted by atomic mass is 9.95. The molecule has 9 heteroatoms. The molecule has 0 saturated carbocycles. The average Bonchev–Trinajstić information content (AvgIpc) is 3.38. The van der Waals surface area contributed by atoms with Crippen LogP contribution in [0.15, 0.2) is 30.3 Å². The lowest BCUT2D eigenvalue weighted by Gasteiger charge is -2.27. The molecule has 186 valence electrons. The van der Waals surface area contributed by atoms with E-state index < -0.39 is 6.04 Å². The minimum atomic E-state index is -0.472. The molecule has 1 aromatic heterocycles. The summed E-state index contributed by atoms with van der Waals surface area (Å²) in [5.41, 5.74) is 3.56. The molecule has 0 aliphatic carbocycles. The van der Waals surface area contributed by atoms with Crippen LogP contribution in [0.3, 0.4) is 0 Å². The molecule has 0 spiro atoms. The van der Waals surface area contributed by atoms with Gasteiger partial charge in [-0.1, -0.05) is 24.6 Å². The van der Waals surface area contributed by atoms with E-state index in [1.807, 2.05) is 39.0 Å². The third kappa shape index (κ3) is 4.68. The van der Waals surface area contributed by atoms with Crippen LogP contribution in [-0.2, 0) is 4.74 Å². The second-order valence-corrected chi connectivity index (χ2v) is 8.77. The van der Waals surface area contributed by atoms with Gasteiger partial charge in [0, 0.05) is 29.8 Å². The summed E-state index contributed by atoms with van der Waals surface area (Å²) in [7, 11) is 1.60. The molecule has 35 heavy (non-hydrogen) atoms. The highest BCUT2D eigenvalue weighted by Gasteiger charge is 2.42. The minimum absolute atomic E-state index is 0.0426. The molecule has 0 saturated heterocycles. The Bertz CT molecular complexity index is 1230. The minimum Gasteiger partial charge on any atom is -0.507 e. The van der Waals surface area contributed by atoms with Gasteiger partial charge >= 0.3 is 0 Å². The summed E-state index contributed by atoms with van der Waals surface area (Å²) >= 11 is 6.37. The number of phenolic OH excluding ortho intramolecular Hbond substituents is 1. The number of fused-ring (bicyclic) bond motifs is 1. The number of nitrogens with zero attached hydrogens (tertiary/aromatic N) is 2. The van der Waals surface area contributed by atoms with E-state index >= 15 is 0 Å². The van der Waals surface area contributed by atoms with E-state index in [-0.39, 0.29) is 11.7 Å². The molecule has 8 nitrogen and oxygen atoms in total. The maximum Gasteiger partial charge on any atom is 0.273 e. The lowest BCUT2D eigenvalue weighted by molar-refractivity contribution is 0.0677. The van der Waals surface area contributed by atoms with Crippen LogP contribution in [0.1, 0.15) is 53.5 Å². The highest BCUT2D eigenvalue weighted by atomic mass is 35.5. The van der Waals surface area contributed by atoms with E-state index in [1.54, 1.807) is 24.1 Å². The normalized spacial score (nSPS) is 14.9. The third-order valence-corrected chi connectivity index (χ3v) is 6.38. The monoisotopic (exact) mass is 499 g/mol. The zero-order valence-corrected chi connectivity index (χ0v) is 21.1. The Balaban J connectivity index is 1.87. The zero-order valence-electron chi connectivity index (χ0n) is 20.4. The summed E-state index contributed by atoms with van der Waals surface area (Å²) < 4.78 is 17.0. The van der Waals surface area contributed by atoms with Crippen LogP contribution in [0.5, 0.6) is 17.2 Å². The number of nitrogens with one attached hydrogen (secondary N) is 1. The Hall–Kier alpha value is -3.23. The molecule has 1 unspecified atom stereocenters. The van der Waals surface area contributed by atoms with E-state index in [0.717, 1.165) is 17.5 Å². The Morgan fingerprint density at radius 3 is 2.66 bits per heavy atom. The third-order valence-electron chi connectivity index (χ3n) is 5.98. The van der Waals surface area contributed by atoms with Crippen LogP contribution in [0.4, 0.5) is 0 Å². The molecule has 1 atom stereocenters. The first-order chi connectivity index (χ1) is 16.9. The van der Waals surface area contributed by atoms with Crippen molar-refractivity contribution in [2.75, 3.05) is 33.5 Å². The topological polar surface area (TPSA) is 96.9 Å². The van der Waals surface area contributed by atoms with Gasteiger partial charge in [0.1, 0.15) is 17.1 Å². The van der Waals surface area contributed by atoms with Crippen LogP contribution in [0.2, 0.25) is 5.02 Å². The molecule has 1 aliphatic rings. The maximum atomic E-state index is 13.4. The Labute approximate surface area is 209 Å². The Morgan fingerprint density at radius 1 is 1.14 bits per heavy atom. The number of methoxy groups -OCH3 is 1. The molecule has 3 aromatic rings. The molecule has 1 aliphatic heterocycles. The van der Waals surface area contributed by atoms with Crippen LogP contribution in [-0.4, -0.2) is 59.6 Å². The van der Waals surface area contributed by atoms with Crippen molar-refractivity contribution in [3.05, 3.63) is 57.7 Å². The summed E-state index contributed by atoms with van der Waals surface area (Å²) in [4.78, 5) is 15.1. The largest absolute Gasteiger partial charge is 0.507 e.